The van der Waals surface area contributed by atoms with Crippen molar-refractivity contribution in [3.8, 4) is 5.75 Å². The molecule has 28 heavy (non-hydrogen) atoms. The molecule has 0 aliphatic heterocycles. The van der Waals surface area contributed by atoms with Crippen molar-refractivity contribution in [3.05, 3.63) is 65.7 Å². The van der Waals surface area contributed by atoms with Gasteiger partial charge in [-0.15, -0.1) is 0 Å². The van der Waals surface area contributed by atoms with E-state index in [1.54, 1.807) is 18.2 Å². The molecule has 146 valence electrons. The molecule has 0 bridgehead atoms. The van der Waals surface area contributed by atoms with Gasteiger partial charge < -0.3 is 20.2 Å². The van der Waals surface area contributed by atoms with Gasteiger partial charge in [-0.1, -0.05) is 43.7 Å². The minimum absolute atomic E-state index is 0.325. The van der Waals surface area contributed by atoms with Crippen LogP contribution in [0.25, 0.3) is 6.08 Å². The number of ether oxygens (including phenoxy) is 1. The van der Waals surface area contributed by atoms with Gasteiger partial charge in [-0.05, 0) is 36.3 Å². The number of anilines is 1. The number of rotatable bonds is 9. The smallest absolute Gasteiger partial charge is 0.251 e. The number of benzene rings is 2. The van der Waals surface area contributed by atoms with E-state index >= 15 is 0 Å². The zero-order valence-electron chi connectivity index (χ0n) is 16.0. The third-order valence-electron chi connectivity index (χ3n) is 4.03. The topological polar surface area (TPSA) is 84.5 Å². The summed E-state index contributed by atoms with van der Waals surface area (Å²) in [5.74, 6) is -0.307. The molecule has 2 amide bonds. The van der Waals surface area contributed by atoms with Crippen molar-refractivity contribution in [2.24, 2.45) is 0 Å². The molecule has 0 heterocycles. The van der Waals surface area contributed by atoms with Crippen molar-refractivity contribution in [1.82, 2.24) is 5.32 Å². The fourth-order valence-corrected chi connectivity index (χ4v) is 2.59. The average molecular weight is 380 g/mol. The minimum Gasteiger partial charge on any atom is -0.495 e. The summed E-state index contributed by atoms with van der Waals surface area (Å²) in [5.41, 5.74) is 1.59. The van der Waals surface area contributed by atoms with Gasteiger partial charge in [-0.25, -0.2) is 0 Å². The lowest BCUT2D eigenvalue weighted by molar-refractivity contribution is -0.112. The van der Waals surface area contributed by atoms with Crippen LogP contribution in [0.4, 0.5) is 5.69 Å². The van der Waals surface area contributed by atoms with E-state index in [0.717, 1.165) is 18.3 Å². The van der Waals surface area contributed by atoms with Crippen LogP contribution in [0.1, 0.15) is 35.7 Å². The Morgan fingerprint density at radius 3 is 2.54 bits per heavy atom. The Morgan fingerprint density at radius 2 is 1.89 bits per heavy atom. The van der Waals surface area contributed by atoms with Crippen molar-refractivity contribution >= 4 is 29.9 Å². The third-order valence-corrected chi connectivity index (χ3v) is 4.03. The first kappa shape index (κ1) is 20.9. The molecule has 0 aromatic heterocycles. The molecule has 2 aromatic carbocycles. The van der Waals surface area contributed by atoms with Crippen LogP contribution in [0.15, 0.2) is 54.6 Å². The molecule has 0 fully saturated rings. The number of aldehydes is 1. The van der Waals surface area contributed by atoms with Gasteiger partial charge in [0, 0.05) is 11.6 Å². The highest BCUT2D eigenvalue weighted by Crippen LogP contribution is 2.25. The molecular formula is C22H24N2O4. The second-order valence-corrected chi connectivity index (χ2v) is 6.15. The van der Waals surface area contributed by atoms with E-state index in [-0.39, 0.29) is 11.8 Å². The van der Waals surface area contributed by atoms with Crippen LogP contribution >= 0.6 is 0 Å². The molecule has 0 aliphatic rings. The second-order valence-electron chi connectivity index (χ2n) is 6.15. The molecule has 2 aromatic rings. The van der Waals surface area contributed by atoms with Gasteiger partial charge in [0.2, 0.25) is 5.91 Å². The van der Waals surface area contributed by atoms with Crippen LogP contribution in [-0.2, 0) is 9.59 Å². The van der Waals surface area contributed by atoms with E-state index in [1.807, 2.05) is 37.3 Å². The number of hydrogen-bond donors (Lipinski definition) is 2. The van der Waals surface area contributed by atoms with Crippen LogP contribution in [0, 0.1) is 0 Å². The van der Waals surface area contributed by atoms with E-state index in [9.17, 15) is 14.4 Å². The van der Waals surface area contributed by atoms with Crippen molar-refractivity contribution in [2.75, 3.05) is 12.4 Å². The number of methoxy groups -OCH3 is 1. The Balaban J connectivity index is 2.13. The first-order valence-electron chi connectivity index (χ1n) is 9.05. The lowest BCUT2D eigenvalue weighted by Crippen LogP contribution is -2.35. The van der Waals surface area contributed by atoms with Gasteiger partial charge in [0.1, 0.15) is 12.0 Å². The highest BCUT2D eigenvalue weighted by molar-refractivity contribution is 6.04. The van der Waals surface area contributed by atoms with E-state index in [1.165, 1.54) is 19.3 Å². The van der Waals surface area contributed by atoms with Crippen LogP contribution in [0.2, 0.25) is 0 Å². The quantitative estimate of drug-likeness (QED) is 0.515. The predicted molar refractivity (Wildman–Crippen MR) is 109 cm³/mol. The van der Waals surface area contributed by atoms with Gasteiger partial charge in [0.15, 0.2) is 0 Å². The van der Waals surface area contributed by atoms with E-state index < -0.39 is 6.04 Å². The Kier molecular flexibility index (Phi) is 7.96. The summed E-state index contributed by atoms with van der Waals surface area (Å²) in [5, 5.41) is 5.39. The first-order chi connectivity index (χ1) is 13.6. The number of carbonyl (C=O) groups is 3. The fraction of sp³-hybridized carbons (Fsp3) is 0.227. The summed E-state index contributed by atoms with van der Waals surface area (Å²) < 4.78 is 5.26. The normalized spacial score (nSPS) is 11.6. The number of carbonyl (C=O) groups excluding carboxylic acids is 3. The molecule has 6 nitrogen and oxygen atoms in total. The minimum atomic E-state index is -0.536. The maximum atomic E-state index is 12.4. The van der Waals surface area contributed by atoms with E-state index in [4.69, 9.17) is 4.74 Å². The lowest BCUT2D eigenvalue weighted by Gasteiger charge is -2.14. The Hall–Kier alpha value is -3.41. The highest BCUT2D eigenvalue weighted by atomic mass is 16.5. The maximum Gasteiger partial charge on any atom is 0.251 e. The van der Waals surface area contributed by atoms with Crippen LogP contribution < -0.4 is 15.4 Å². The molecule has 2 N–H and O–H groups in total. The molecule has 2 rings (SSSR count). The van der Waals surface area contributed by atoms with Crippen LogP contribution in [-0.4, -0.2) is 31.3 Å². The summed E-state index contributed by atoms with van der Waals surface area (Å²) in [7, 11) is 1.48. The molecule has 1 atom stereocenters. The van der Waals surface area contributed by atoms with Crippen molar-refractivity contribution in [3.63, 3.8) is 0 Å². The van der Waals surface area contributed by atoms with Gasteiger partial charge in [-0.3, -0.25) is 9.59 Å². The predicted octanol–water partition coefficient (Wildman–Crippen LogP) is 3.44. The molecule has 0 radical (unpaired) electrons. The standard InChI is InChI=1S/C22H24N2O4/c1-3-7-18(15-25)23-22(27)17-11-12-20(28-2)19(14-17)24-21(26)13-10-16-8-5-4-6-9-16/h4-6,8-15,18H,3,7H2,1-2H3,(H,23,27)(H,24,26). The van der Waals surface area contributed by atoms with E-state index in [2.05, 4.69) is 10.6 Å². The van der Waals surface area contributed by atoms with Gasteiger partial charge in [0.05, 0.1) is 18.8 Å². The fourth-order valence-electron chi connectivity index (χ4n) is 2.59. The molecular weight excluding hydrogens is 356 g/mol. The molecule has 1 unspecified atom stereocenters. The summed E-state index contributed by atoms with van der Waals surface area (Å²) in [6.07, 6.45) is 5.17. The lowest BCUT2D eigenvalue weighted by atomic mass is 10.1. The number of hydrogen-bond acceptors (Lipinski definition) is 4. The summed E-state index contributed by atoms with van der Waals surface area (Å²) in [6, 6.07) is 13.6. The zero-order chi connectivity index (χ0) is 20.4. The van der Waals surface area contributed by atoms with Crippen LogP contribution in [0.5, 0.6) is 5.75 Å². The van der Waals surface area contributed by atoms with Crippen molar-refractivity contribution < 1.29 is 19.1 Å². The monoisotopic (exact) mass is 380 g/mol. The summed E-state index contributed by atoms with van der Waals surface area (Å²) >= 11 is 0. The molecule has 6 heteroatoms. The highest BCUT2D eigenvalue weighted by Gasteiger charge is 2.15. The number of nitrogens with one attached hydrogen (secondary N) is 2. The third kappa shape index (κ3) is 6.09. The Labute approximate surface area is 164 Å². The largest absolute Gasteiger partial charge is 0.495 e. The second kappa shape index (κ2) is 10.7. The summed E-state index contributed by atoms with van der Waals surface area (Å²) in [6.45, 7) is 1.94. The first-order valence-corrected chi connectivity index (χ1v) is 9.05. The Bertz CT molecular complexity index is 847. The maximum absolute atomic E-state index is 12.4. The van der Waals surface area contributed by atoms with Crippen molar-refractivity contribution in [1.29, 1.82) is 0 Å². The summed E-state index contributed by atoms with van der Waals surface area (Å²) in [4.78, 5) is 35.7. The average Bonchev–Trinajstić information content (AvgIpc) is 2.72. The van der Waals surface area contributed by atoms with Gasteiger partial charge >= 0.3 is 0 Å². The molecule has 0 saturated heterocycles. The van der Waals surface area contributed by atoms with Gasteiger partial charge in [0.25, 0.3) is 5.91 Å². The SMILES string of the molecule is CCCC(C=O)NC(=O)c1ccc(OC)c(NC(=O)C=Cc2ccccc2)c1. The molecule has 0 saturated carbocycles. The molecule has 0 spiro atoms. The van der Waals surface area contributed by atoms with Crippen LogP contribution in [0.3, 0.4) is 0 Å². The Morgan fingerprint density at radius 1 is 1.14 bits per heavy atom. The zero-order valence-corrected chi connectivity index (χ0v) is 16.0. The molecule has 0 aliphatic carbocycles. The van der Waals surface area contributed by atoms with E-state index in [0.29, 0.717) is 23.4 Å². The van der Waals surface area contributed by atoms with Gasteiger partial charge in [-0.2, -0.15) is 0 Å². The number of amides is 2. The van der Waals surface area contributed by atoms with Crippen molar-refractivity contribution in [2.45, 2.75) is 25.8 Å².